The number of hydrogen-bond acceptors (Lipinski definition) is 19. The Bertz CT molecular complexity index is 3140. The zero-order valence-electron chi connectivity index (χ0n) is 52.9. The molecule has 0 spiro atoms. The molecule has 4 aromatic carbocycles. The minimum atomic E-state index is -2.29. The molecule has 7 rings (SSSR count). The first-order valence-corrected chi connectivity index (χ1v) is 30.6. The predicted molar refractivity (Wildman–Crippen MR) is 331 cm³/mol. The molecule has 4 aromatic rings. The maximum Gasteiger partial charge on any atom is 0.251 e. The first-order chi connectivity index (χ1) is 43.4. The third-order valence-electron chi connectivity index (χ3n) is 16.1. The largest absolute Gasteiger partial charge is 0.550 e. The smallest absolute Gasteiger partial charge is 0.251 e. The number of benzene rings is 4. The normalized spacial score (nSPS) is 25.8. The van der Waals surface area contributed by atoms with E-state index in [0.717, 1.165) is 77.8 Å². The van der Waals surface area contributed by atoms with Crippen LogP contribution >= 0.6 is 0 Å². The fourth-order valence-electron chi connectivity index (χ4n) is 10.8. The number of nitrogens with zero attached hydrogens (tertiary/aromatic N) is 3. The van der Waals surface area contributed by atoms with Crippen molar-refractivity contribution in [1.29, 1.82) is 0 Å². The number of carboxylic acids is 1. The SMILES string of the molecule is CC(=O)[O-].CCCCCOc1ccc(-c2ccc(-c3ccc(C(=O)N[C@H]4C[C@@H](O)[C@@H](OCC[N+](C)(C)C)NC(=O)[C@@H]5[C@@H](O)[C@@H](C)CN5C(=O)[C@H]([C@@H](C)O)NC(=O)C([C@H](O)[C@@H](O)c5ccc(O)cc5)NC(=O)[C@@H]5C[C@@H](O)CN5C(=O)[C@H]([C@@H](C)O)NC4=O)cc3)cc2)cc1. The van der Waals surface area contributed by atoms with Crippen molar-refractivity contribution in [2.75, 3.05) is 54.0 Å². The van der Waals surface area contributed by atoms with Gasteiger partial charge >= 0.3 is 0 Å². The fraction of sp³-hybridized carbons (Fsp3) is 0.508. The highest BCUT2D eigenvalue weighted by Gasteiger charge is 2.50. The highest BCUT2D eigenvalue weighted by atomic mass is 16.5. The average molecular weight is 1290 g/mol. The Morgan fingerprint density at radius 1 is 0.663 bits per heavy atom. The van der Waals surface area contributed by atoms with Gasteiger partial charge in [0.2, 0.25) is 35.4 Å². The van der Waals surface area contributed by atoms with Gasteiger partial charge in [-0.15, -0.1) is 0 Å². The molecular weight excluding hydrogens is 1200 g/mol. The Labute approximate surface area is 533 Å². The van der Waals surface area contributed by atoms with Crippen LogP contribution in [0.2, 0.25) is 0 Å². The van der Waals surface area contributed by atoms with Crippen LogP contribution in [0.4, 0.5) is 0 Å². The molecule has 3 saturated heterocycles. The topological polar surface area (TPSA) is 407 Å². The summed E-state index contributed by atoms with van der Waals surface area (Å²) in [6, 6.07) is 15.3. The molecule has 3 aliphatic heterocycles. The highest BCUT2D eigenvalue weighted by Crippen LogP contribution is 2.30. The first kappa shape index (κ1) is 72.9. The summed E-state index contributed by atoms with van der Waals surface area (Å²) >= 11 is 0. The third kappa shape index (κ3) is 19.7. The van der Waals surface area contributed by atoms with Crippen LogP contribution in [-0.2, 0) is 38.3 Å². The van der Waals surface area contributed by atoms with Crippen molar-refractivity contribution >= 4 is 47.3 Å². The van der Waals surface area contributed by atoms with E-state index in [1.165, 1.54) is 43.3 Å². The molecule has 0 aliphatic carbocycles. The third-order valence-corrected chi connectivity index (χ3v) is 16.1. The highest BCUT2D eigenvalue weighted by molar-refractivity contribution is 6.00. The minimum Gasteiger partial charge on any atom is -0.550 e. The molecule has 92 heavy (non-hydrogen) atoms. The van der Waals surface area contributed by atoms with Gasteiger partial charge < -0.3 is 101 Å². The number of aromatic hydroxyl groups is 1. The fourth-order valence-corrected chi connectivity index (χ4v) is 10.8. The van der Waals surface area contributed by atoms with Crippen LogP contribution in [0.5, 0.6) is 11.5 Å². The van der Waals surface area contributed by atoms with Gasteiger partial charge in [-0.1, -0.05) is 87.4 Å². The average Bonchev–Trinajstić information content (AvgIpc) is 1.63. The van der Waals surface area contributed by atoms with E-state index in [1.807, 2.05) is 69.7 Å². The number of fused-ring (bicyclic) bond motifs is 2. The number of phenols is 1. The van der Waals surface area contributed by atoms with E-state index in [0.29, 0.717) is 11.1 Å². The summed E-state index contributed by atoms with van der Waals surface area (Å²) in [5.74, 6) is -9.33. The number of carbonyl (C=O) groups is 8. The number of nitrogens with one attached hydrogen (secondary N) is 5. The van der Waals surface area contributed by atoms with Gasteiger partial charge in [0.15, 0.2) is 6.23 Å². The van der Waals surface area contributed by atoms with Crippen LogP contribution in [0.15, 0.2) is 97.1 Å². The maximum atomic E-state index is 14.8. The van der Waals surface area contributed by atoms with E-state index in [2.05, 4.69) is 33.5 Å². The number of hydrogen-bond donors (Lipinski definition) is 13. The van der Waals surface area contributed by atoms with E-state index in [4.69, 9.17) is 19.4 Å². The molecule has 0 aromatic heterocycles. The summed E-state index contributed by atoms with van der Waals surface area (Å²) in [6.45, 7) is 6.77. The number of carbonyl (C=O) groups excluding carboxylic acids is 8. The van der Waals surface area contributed by atoms with E-state index in [9.17, 15) is 74.4 Å². The van der Waals surface area contributed by atoms with Crippen LogP contribution in [-0.4, -0.2) is 236 Å². The van der Waals surface area contributed by atoms with Crippen molar-refractivity contribution in [3.63, 3.8) is 0 Å². The lowest BCUT2D eigenvalue weighted by Crippen LogP contribution is -2.64. The molecule has 0 saturated carbocycles. The van der Waals surface area contributed by atoms with Gasteiger partial charge in [0.1, 0.15) is 72.6 Å². The number of unbranched alkanes of at least 4 members (excludes halogenated alkanes) is 2. The van der Waals surface area contributed by atoms with Gasteiger partial charge in [0.25, 0.3) is 5.91 Å². The van der Waals surface area contributed by atoms with Crippen molar-refractivity contribution in [3.8, 4) is 33.8 Å². The monoisotopic (exact) mass is 1280 g/mol. The molecule has 15 atom stereocenters. The summed E-state index contributed by atoms with van der Waals surface area (Å²) < 4.78 is 12.3. The second-order valence-electron chi connectivity index (χ2n) is 24.6. The second-order valence-corrected chi connectivity index (χ2v) is 24.6. The van der Waals surface area contributed by atoms with Gasteiger partial charge in [-0.3, -0.25) is 33.6 Å². The van der Waals surface area contributed by atoms with Gasteiger partial charge in [-0.25, -0.2) is 0 Å². The van der Waals surface area contributed by atoms with Gasteiger partial charge in [0.05, 0.1) is 58.8 Å². The van der Waals surface area contributed by atoms with Crippen LogP contribution < -0.4 is 36.4 Å². The standard InChI is InChI=1S/C63H84N8O17.C2H4O2/c1-8-9-10-28-87-45-25-21-40(22-26-45)38-13-11-37(12-14-38)39-15-17-42(18-16-39)56(80)64-46-31-48(76)61(88-29-27-71(5,6)7)68-60(84)52-53(77)34(2)32-70(52)63(86)50(36(4)73)66-59(83)51(55(79)54(78)41-19-23-43(74)24-20-41)67-58(82)47-30-44(75)33-69(47)62(85)49(35(3)72)65-57(46)81;1-2(3)4/h11-26,34-36,44,46-55,61,72-73,75-79H,8-10,27-33H2,1-7H3,(H5-,64,65,66,67,68,74,80,81,82,83,84);1H3,(H,3,4)/t34-,35+,36+,44+,46-,47-,48+,49-,50-,51?,52-,53-,54-,55-,61+;/m0./s1. The zero-order chi connectivity index (χ0) is 67.9. The minimum absolute atomic E-state index is 0.0470. The van der Waals surface area contributed by atoms with Gasteiger partial charge in [-0.2, -0.15) is 0 Å². The Morgan fingerprint density at radius 2 is 1.17 bits per heavy atom. The number of rotatable bonds is 18. The molecule has 3 fully saturated rings. The molecule has 3 heterocycles. The maximum absolute atomic E-state index is 14.8. The van der Waals surface area contributed by atoms with E-state index < -0.39 is 158 Å². The molecular formula is C65H88N8O19. The molecule has 502 valence electrons. The van der Waals surface area contributed by atoms with Crippen LogP contribution in [0.25, 0.3) is 22.3 Å². The molecule has 27 heteroatoms. The Hall–Kier alpha value is -8.12. The number of ether oxygens (including phenoxy) is 2. The second kappa shape index (κ2) is 32.9. The quantitative estimate of drug-likeness (QED) is 0.0401. The summed E-state index contributed by atoms with van der Waals surface area (Å²) in [5, 5.41) is 111. The Morgan fingerprint density at radius 3 is 1.71 bits per heavy atom. The van der Waals surface area contributed by atoms with Gasteiger partial charge in [-0.05, 0) is 91.4 Å². The lowest BCUT2D eigenvalue weighted by molar-refractivity contribution is -0.870. The van der Waals surface area contributed by atoms with Crippen molar-refractivity contribution in [2.45, 2.75) is 152 Å². The number of aliphatic carboxylic acids is 1. The Balaban J connectivity index is 0.00000326. The zero-order valence-corrected chi connectivity index (χ0v) is 52.9. The van der Waals surface area contributed by atoms with Crippen molar-refractivity contribution in [2.24, 2.45) is 5.92 Å². The number of amides is 7. The number of aliphatic hydroxyl groups is 7. The molecule has 0 bridgehead atoms. The lowest BCUT2D eigenvalue weighted by atomic mass is 9.96. The van der Waals surface area contributed by atoms with Crippen molar-refractivity contribution < 1.29 is 98.3 Å². The molecule has 27 nitrogen and oxygen atoms in total. The summed E-state index contributed by atoms with van der Waals surface area (Å²) in [4.78, 5) is 113. The number of aliphatic hydroxyl groups excluding tert-OH is 7. The molecule has 1 unspecified atom stereocenters. The van der Waals surface area contributed by atoms with Gasteiger partial charge in [0, 0.05) is 43.4 Å². The lowest BCUT2D eigenvalue weighted by Gasteiger charge is -2.34. The summed E-state index contributed by atoms with van der Waals surface area (Å²) in [6.07, 6.45) is -12.6. The number of quaternary nitrogens is 1. The van der Waals surface area contributed by atoms with E-state index in [-0.39, 0.29) is 36.6 Å². The predicted octanol–water partition coefficient (Wildman–Crippen LogP) is -1.44. The van der Waals surface area contributed by atoms with Crippen LogP contribution in [0, 0.1) is 5.92 Å². The molecule has 7 amide bonds. The first-order valence-electron chi connectivity index (χ1n) is 30.6. The van der Waals surface area contributed by atoms with Crippen molar-refractivity contribution in [3.05, 3.63) is 108 Å². The molecule has 13 N–H and O–H groups in total. The van der Waals surface area contributed by atoms with Crippen molar-refractivity contribution in [1.82, 2.24) is 36.4 Å². The Kier molecular flexibility index (Phi) is 26.1. The van der Waals surface area contributed by atoms with E-state index in [1.54, 1.807) is 12.1 Å². The number of carboxylic acid groups (broad SMARTS) is 1. The number of likely N-dealkylation sites (N-methyl/N-ethyl adjacent to an activating group) is 1. The molecule has 3 aliphatic rings. The van der Waals surface area contributed by atoms with E-state index >= 15 is 0 Å². The molecule has 0 radical (unpaired) electrons. The number of phenolic OH excluding ortho intramolecular Hbond substituents is 1. The van der Waals surface area contributed by atoms with Crippen LogP contribution in [0.1, 0.15) is 88.7 Å². The summed E-state index contributed by atoms with van der Waals surface area (Å²) in [7, 11) is 5.52. The van der Waals surface area contributed by atoms with Crippen LogP contribution in [0.3, 0.4) is 0 Å². The summed E-state index contributed by atoms with van der Waals surface area (Å²) in [5.41, 5.74) is 3.48.